The molecule has 0 radical (unpaired) electrons. The number of carbonyl (C=O) groups excluding carboxylic acids is 1. The van der Waals surface area contributed by atoms with Crippen molar-refractivity contribution in [3.8, 4) is 17.2 Å². The number of tetrazole rings is 1. The maximum atomic E-state index is 12.5. The third-order valence-electron chi connectivity index (χ3n) is 4.43. The smallest absolute Gasteiger partial charge is 0.248 e. The van der Waals surface area contributed by atoms with Gasteiger partial charge in [0.15, 0.2) is 17.6 Å². The van der Waals surface area contributed by atoms with Crippen LogP contribution in [0.4, 0.5) is 5.69 Å². The number of benzene rings is 2. The third kappa shape index (κ3) is 5.08. The maximum Gasteiger partial charge on any atom is 0.248 e. The maximum absolute atomic E-state index is 12.5. The molecule has 3 aromatic rings. The predicted octanol–water partition coefficient (Wildman–Crippen LogP) is 3.32. The van der Waals surface area contributed by atoms with E-state index in [0.29, 0.717) is 29.6 Å². The molecule has 9 heteroatoms. The molecule has 4 rings (SSSR count). The fraction of sp³-hybridized carbons (Fsp3) is 0.182. The Hall–Kier alpha value is -4.14. The minimum Gasteiger partial charge on any atom is -0.490 e. The van der Waals surface area contributed by atoms with Crippen LogP contribution in [-0.2, 0) is 4.79 Å². The Bertz CT molecular complexity index is 1080. The second kappa shape index (κ2) is 9.57. The van der Waals surface area contributed by atoms with Crippen LogP contribution in [-0.4, -0.2) is 39.7 Å². The van der Waals surface area contributed by atoms with Gasteiger partial charge in [0.25, 0.3) is 0 Å². The van der Waals surface area contributed by atoms with Gasteiger partial charge in [-0.2, -0.15) is 5.21 Å². The van der Waals surface area contributed by atoms with Crippen molar-refractivity contribution < 1.29 is 19.0 Å². The summed E-state index contributed by atoms with van der Waals surface area (Å²) >= 11 is 0. The normalized spacial score (nSPS) is 15.3. The molecule has 1 aromatic heterocycles. The summed E-state index contributed by atoms with van der Waals surface area (Å²) in [6.45, 7) is 2.71. The van der Waals surface area contributed by atoms with Crippen molar-refractivity contribution in [1.82, 2.24) is 20.6 Å². The predicted molar refractivity (Wildman–Crippen MR) is 114 cm³/mol. The number of carbonyl (C=O) groups is 1. The Kier molecular flexibility index (Phi) is 6.22. The van der Waals surface area contributed by atoms with Gasteiger partial charge < -0.3 is 19.5 Å². The first-order valence-corrected chi connectivity index (χ1v) is 9.72. The van der Waals surface area contributed by atoms with Gasteiger partial charge in [-0.3, -0.25) is 4.79 Å². The van der Waals surface area contributed by atoms with Gasteiger partial charge in [0, 0.05) is 6.08 Å². The van der Waals surface area contributed by atoms with Gasteiger partial charge in [-0.25, -0.2) is 0 Å². The Balaban J connectivity index is 1.40. The molecule has 2 N–H and O–H groups in total. The van der Waals surface area contributed by atoms with E-state index in [2.05, 4.69) is 25.9 Å². The molecule has 0 aliphatic carbocycles. The van der Waals surface area contributed by atoms with Gasteiger partial charge in [0.2, 0.25) is 11.7 Å². The second-order valence-electron chi connectivity index (χ2n) is 6.59. The number of nitrogens with zero attached hydrogens (tertiary/aromatic N) is 3. The lowest BCUT2D eigenvalue weighted by Gasteiger charge is -2.26. The number of ether oxygens (including phenoxy) is 3. The SMILES string of the molecule is CC=CCOc1ccc(C=CC(=O)Nc2cccc3c2OC(c2nn[nH]n2)CO3)cc1. The van der Waals surface area contributed by atoms with Gasteiger partial charge in [-0.05, 0) is 42.8 Å². The highest BCUT2D eigenvalue weighted by Crippen LogP contribution is 2.41. The molecule has 158 valence electrons. The molecule has 0 saturated heterocycles. The fourth-order valence-corrected chi connectivity index (χ4v) is 2.89. The van der Waals surface area contributed by atoms with E-state index in [1.165, 1.54) is 6.08 Å². The van der Waals surface area contributed by atoms with E-state index in [9.17, 15) is 4.79 Å². The topological polar surface area (TPSA) is 111 Å². The number of fused-ring (bicyclic) bond motifs is 1. The number of para-hydroxylation sites is 1. The number of hydrogen-bond acceptors (Lipinski definition) is 7. The van der Waals surface area contributed by atoms with Gasteiger partial charge in [0.05, 0.1) is 5.69 Å². The van der Waals surface area contributed by atoms with E-state index in [-0.39, 0.29) is 12.5 Å². The number of allylic oxidation sites excluding steroid dienone is 1. The highest BCUT2D eigenvalue weighted by Gasteiger charge is 2.28. The summed E-state index contributed by atoms with van der Waals surface area (Å²) in [5, 5.41) is 16.6. The summed E-state index contributed by atoms with van der Waals surface area (Å²) in [5.41, 5.74) is 1.37. The zero-order valence-electron chi connectivity index (χ0n) is 16.8. The molecule has 1 unspecified atom stereocenters. The van der Waals surface area contributed by atoms with Crippen molar-refractivity contribution in [3.63, 3.8) is 0 Å². The number of H-pyrrole nitrogens is 1. The highest BCUT2D eigenvalue weighted by atomic mass is 16.6. The van der Waals surface area contributed by atoms with E-state index < -0.39 is 6.10 Å². The Morgan fingerprint density at radius 3 is 2.94 bits per heavy atom. The molecular weight excluding hydrogens is 398 g/mol. The van der Waals surface area contributed by atoms with Crippen LogP contribution >= 0.6 is 0 Å². The van der Waals surface area contributed by atoms with E-state index in [1.54, 1.807) is 24.3 Å². The van der Waals surface area contributed by atoms with Crippen LogP contribution < -0.4 is 19.5 Å². The van der Waals surface area contributed by atoms with Gasteiger partial charge in [-0.1, -0.05) is 35.6 Å². The largest absolute Gasteiger partial charge is 0.490 e. The summed E-state index contributed by atoms with van der Waals surface area (Å²) in [7, 11) is 0. The summed E-state index contributed by atoms with van der Waals surface area (Å²) in [4.78, 5) is 12.5. The zero-order chi connectivity index (χ0) is 21.5. The van der Waals surface area contributed by atoms with Crippen LogP contribution in [0.2, 0.25) is 0 Å². The van der Waals surface area contributed by atoms with E-state index in [4.69, 9.17) is 14.2 Å². The minimum atomic E-state index is -0.520. The van der Waals surface area contributed by atoms with Crippen LogP contribution in [0.15, 0.2) is 60.7 Å². The van der Waals surface area contributed by atoms with Crippen LogP contribution in [0.5, 0.6) is 17.2 Å². The monoisotopic (exact) mass is 419 g/mol. The average molecular weight is 419 g/mol. The Morgan fingerprint density at radius 1 is 1.29 bits per heavy atom. The number of amides is 1. The van der Waals surface area contributed by atoms with Crippen LogP contribution in [0.25, 0.3) is 6.08 Å². The van der Waals surface area contributed by atoms with Crippen molar-refractivity contribution in [1.29, 1.82) is 0 Å². The van der Waals surface area contributed by atoms with Crippen molar-refractivity contribution in [2.24, 2.45) is 0 Å². The van der Waals surface area contributed by atoms with Gasteiger partial charge >= 0.3 is 0 Å². The molecule has 9 nitrogen and oxygen atoms in total. The van der Waals surface area contributed by atoms with Crippen molar-refractivity contribution in [2.75, 3.05) is 18.5 Å². The van der Waals surface area contributed by atoms with Crippen LogP contribution in [0.3, 0.4) is 0 Å². The summed E-state index contributed by atoms with van der Waals surface area (Å²) in [5.74, 6) is 1.81. The van der Waals surface area contributed by atoms with E-state index in [1.807, 2.05) is 43.3 Å². The molecule has 1 atom stereocenters. The number of aromatic nitrogens is 4. The number of anilines is 1. The Labute approximate surface area is 178 Å². The molecule has 0 spiro atoms. The first-order valence-electron chi connectivity index (χ1n) is 9.72. The van der Waals surface area contributed by atoms with Crippen molar-refractivity contribution >= 4 is 17.7 Å². The van der Waals surface area contributed by atoms with E-state index in [0.717, 1.165) is 11.3 Å². The van der Waals surface area contributed by atoms with Crippen molar-refractivity contribution in [2.45, 2.75) is 13.0 Å². The molecule has 0 saturated carbocycles. The van der Waals surface area contributed by atoms with Gasteiger partial charge in [-0.15, -0.1) is 10.2 Å². The molecule has 1 amide bonds. The molecule has 31 heavy (non-hydrogen) atoms. The lowest BCUT2D eigenvalue weighted by Crippen LogP contribution is -2.24. The molecule has 1 aliphatic rings. The third-order valence-corrected chi connectivity index (χ3v) is 4.43. The number of nitrogens with one attached hydrogen (secondary N) is 2. The first kappa shape index (κ1) is 20.1. The number of rotatable bonds is 7. The molecule has 0 bridgehead atoms. The number of hydrogen-bond donors (Lipinski definition) is 2. The fourth-order valence-electron chi connectivity index (χ4n) is 2.89. The van der Waals surface area contributed by atoms with Crippen LogP contribution in [0, 0.1) is 0 Å². The minimum absolute atomic E-state index is 0.248. The Morgan fingerprint density at radius 2 is 2.16 bits per heavy atom. The zero-order valence-corrected chi connectivity index (χ0v) is 16.8. The quantitative estimate of drug-likeness (QED) is 0.446. The average Bonchev–Trinajstić information content (AvgIpc) is 3.34. The highest BCUT2D eigenvalue weighted by molar-refractivity contribution is 6.03. The lowest BCUT2D eigenvalue weighted by atomic mass is 10.2. The first-order chi connectivity index (χ1) is 15.2. The lowest BCUT2D eigenvalue weighted by molar-refractivity contribution is -0.111. The molecular formula is C22H21N5O4. The van der Waals surface area contributed by atoms with Crippen molar-refractivity contribution in [3.05, 3.63) is 72.1 Å². The summed E-state index contributed by atoms with van der Waals surface area (Å²) in [6.07, 6.45) is 6.52. The standard InChI is InChI=1S/C22H21N5O4/c1-2-3-13-29-16-10-7-15(8-11-16)9-12-20(28)23-17-5-4-6-18-21(17)31-19(14-30-18)22-24-26-27-25-22/h2-12,19H,13-14H2,1H3,(H,23,28)(H,24,25,26,27). The summed E-state index contributed by atoms with van der Waals surface area (Å²) in [6, 6.07) is 12.8. The van der Waals surface area contributed by atoms with E-state index >= 15 is 0 Å². The molecule has 2 heterocycles. The molecule has 0 fully saturated rings. The second-order valence-corrected chi connectivity index (χ2v) is 6.59. The molecule has 2 aromatic carbocycles. The molecule has 1 aliphatic heterocycles. The van der Waals surface area contributed by atoms with Gasteiger partial charge in [0.1, 0.15) is 19.0 Å². The van der Waals surface area contributed by atoms with Crippen LogP contribution in [0.1, 0.15) is 24.4 Å². The number of aromatic amines is 1. The summed E-state index contributed by atoms with van der Waals surface area (Å²) < 4.78 is 17.2.